The summed E-state index contributed by atoms with van der Waals surface area (Å²) in [4.78, 5) is 17.2. The fourth-order valence-electron chi connectivity index (χ4n) is 2.28. The van der Waals surface area contributed by atoms with Gasteiger partial charge in [0.25, 0.3) is 5.91 Å². The van der Waals surface area contributed by atoms with E-state index < -0.39 is 0 Å². The highest BCUT2D eigenvalue weighted by Gasteiger charge is 2.23. The SMILES string of the molecule is O=C(NC1CCSc2ccc(F)cc21)c1cccc(Cl)n1. The molecule has 3 nitrogen and oxygen atoms in total. The van der Waals surface area contributed by atoms with Crippen molar-refractivity contribution < 1.29 is 9.18 Å². The van der Waals surface area contributed by atoms with E-state index >= 15 is 0 Å². The number of pyridine rings is 1. The predicted molar refractivity (Wildman–Crippen MR) is 81.2 cm³/mol. The van der Waals surface area contributed by atoms with Crippen LogP contribution >= 0.6 is 23.4 Å². The summed E-state index contributed by atoms with van der Waals surface area (Å²) < 4.78 is 13.4. The Morgan fingerprint density at radius 3 is 3.05 bits per heavy atom. The molecule has 1 aliphatic heterocycles. The van der Waals surface area contributed by atoms with Gasteiger partial charge in [-0.1, -0.05) is 17.7 Å². The normalized spacial score (nSPS) is 17.1. The molecular weight excluding hydrogens is 311 g/mol. The fraction of sp³-hybridized carbons (Fsp3) is 0.200. The van der Waals surface area contributed by atoms with Crippen LogP contribution in [0.2, 0.25) is 5.15 Å². The van der Waals surface area contributed by atoms with Gasteiger partial charge >= 0.3 is 0 Å². The minimum atomic E-state index is -0.301. The molecule has 1 aliphatic rings. The highest BCUT2D eigenvalue weighted by molar-refractivity contribution is 7.99. The van der Waals surface area contributed by atoms with Crippen LogP contribution < -0.4 is 5.32 Å². The van der Waals surface area contributed by atoms with E-state index in [0.717, 1.165) is 22.6 Å². The molecule has 108 valence electrons. The maximum absolute atomic E-state index is 13.4. The van der Waals surface area contributed by atoms with Crippen molar-refractivity contribution in [2.45, 2.75) is 17.4 Å². The molecule has 1 atom stereocenters. The van der Waals surface area contributed by atoms with Gasteiger partial charge in [-0.25, -0.2) is 9.37 Å². The zero-order valence-corrected chi connectivity index (χ0v) is 12.5. The number of halogens is 2. The number of carbonyl (C=O) groups excluding carboxylic acids is 1. The van der Waals surface area contributed by atoms with Crippen LogP contribution in [0.15, 0.2) is 41.3 Å². The lowest BCUT2D eigenvalue weighted by atomic mass is 10.0. The molecule has 0 spiro atoms. The van der Waals surface area contributed by atoms with Gasteiger partial charge in [-0.2, -0.15) is 0 Å². The molecule has 0 aliphatic carbocycles. The van der Waals surface area contributed by atoms with E-state index in [9.17, 15) is 9.18 Å². The molecule has 0 bridgehead atoms. The Hall–Kier alpha value is -1.59. The number of nitrogens with one attached hydrogen (secondary N) is 1. The third kappa shape index (κ3) is 3.19. The molecule has 1 N–H and O–H groups in total. The minimum absolute atomic E-state index is 0.203. The molecule has 2 aromatic rings. The van der Waals surface area contributed by atoms with E-state index in [1.165, 1.54) is 12.1 Å². The lowest BCUT2D eigenvalue weighted by molar-refractivity contribution is 0.0930. The molecule has 2 heterocycles. The summed E-state index contributed by atoms with van der Waals surface area (Å²) in [5, 5.41) is 3.18. The fourth-order valence-corrected chi connectivity index (χ4v) is 3.55. The highest BCUT2D eigenvalue weighted by atomic mass is 35.5. The first-order valence-corrected chi connectivity index (χ1v) is 7.85. The summed E-state index contributed by atoms with van der Waals surface area (Å²) in [6.07, 6.45) is 0.757. The number of amides is 1. The van der Waals surface area contributed by atoms with Crippen molar-refractivity contribution >= 4 is 29.3 Å². The Balaban J connectivity index is 1.83. The summed E-state index contributed by atoms with van der Waals surface area (Å²) in [7, 11) is 0. The van der Waals surface area contributed by atoms with Crippen LogP contribution in [0.1, 0.15) is 28.5 Å². The van der Waals surface area contributed by atoms with E-state index in [1.807, 2.05) is 0 Å². The Labute approximate surface area is 130 Å². The topological polar surface area (TPSA) is 42.0 Å². The summed E-state index contributed by atoms with van der Waals surface area (Å²) in [6.45, 7) is 0. The molecule has 0 saturated carbocycles. The third-order valence-corrected chi connectivity index (χ3v) is 4.60. The van der Waals surface area contributed by atoms with Crippen LogP contribution in [-0.4, -0.2) is 16.6 Å². The molecule has 0 saturated heterocycles. The van der Waals surface area contributed by atoms with Crippen LogP contribution in [0, 0.1) is 5.82 Å². The summed E-state index contributed by atoms with van der Waals surface area (Å²) in [6, 6.07) is 9.36. The molecule has 21 heavy (non-hydrogen) atoms. The second-order valence-corrected chi connectivity index (χ2v) is 6.21. The van der Waals surface area contributed by atoms with Gasteiger partial charge in [0.15, 0.2) is 0 Å². The van der Waals surface area contributed by atoms with Gasteiger partial charge in [0.1, 0.15) is 16.7 Å². The van der Waals surface area contributed by atoms with Gasteiger partial charge < -0.3 is 5.32 Å². The van der Waals surface area contributed by atoms with E-state index in [-0.39, 0.29) is 28.6 Å². The van der Waals surface area contributed by atoms with Crippen molar-refractivity contribution in [2.75, 3.05) is 5.75 Å². The number of nitrogens with zero attached hydrogens (tertiary/aromatic N) is 1. The molecule has 1 aromatic carbocycles. The van der Waals surface area contributed by atoms with Gasteiger partial charge in [0, 0.05) is 10.6 Å². The zero-order valence-electron chi connectivity index (χ0n) is 11.0. The predicted octanol–water partition coefficient (Wildman–Crippen LogP) is 3.84. The first-order valence-electron chi connectivity index (χ1n) is 6.49. The lowest BCUT2D eigenvalue weighted by Crippen LogP contribution is -2.31. The number of benzene rings is 1. The lowest BCUT2D eigenvalue weighted by Gasteiger charge is -2.25. The van der Waals surface area contributed by atoms with Gasteiger partial charge in [0.2, 0.25) is 0 Å². The molecule has 0 radical (unpaired) electrons. The van der Waals surface area contributed by atoms with Crippen molar-refractivity contribution in [1.82, 2.24) is 10.3 Å². The van der Waals surface area contributed by atoms with Crippen molar-refractivity contribution in [3.63, 3.8) is 0 Å². The third-order valence-electron chi connectivity index (χ3n) is 3.26. The molecule has 1 aromatic heterocycles. The van der Waals surface area contributed by atoms with E-state index in [2.05, 4.69) is 10.3 Å². The van der Waals surface area contributed by atoms with E-state index in [4.69, 9.17) is 11.6 Å². The average Bonchev–Trinajstić information content (AvgIpc) is 2.48. The zero-order chi connectivity index (χ0) is 14.8. The van der Waals surface area contributed by atoms with Crippen molar-refractivity contribution in [3.8, 4) is 0 Å². The van der Waals surface area contributed by atoms with Crippen LogP contribution in [0.25, 0.3) is 0 Å². The van der Waals surface area contributed by atoms with Gasteiger partial charge in [-0.15, -0.1) is 11.8 Å². The highest BCUT2D eigenvalue weighted by Crippen LogP contribution is 2.36. The monoisotopic (exact) mass is 322 g/mol. The number of fused-ring (bicyclic) bond motifs is 1. The molecule has 1 unspecified atom stereocenters. The number of hydrogen-bond acceptors (Lipinski definition) is 3. The molecule has 1 amide bonds. The first kappa shape index (κ1) is 14.4. The number of aromatic nitrogens is 1. The Bertz CT molecular complexity index is 695. The number of carbonyl (C=O) groups is 1. The maximum Gasteiger partial charge on any atom is 0.270 e. The standard InChI is InChI=1S/C15H12ClFN2OS/c16-14-3-1-2-12(18-14)15(20)19-11-6-7-21-13-5-4-9(17)8-10(11)13/h1-5,8,11H,6-7H2,(H,19,20). The van der Waals surface area contributed by atoms with E-state index in [1.54, 1.807) is 36.0 Å². The maximum atomic E-state index is 13.4. The Kier molecular flexibility index (Phi) is 4.12. The second kappa shape index (κ2) is 6.03. The first-order chi connectivity index (χ1) is 10.1. The Morgan fingerprint density at radius 1 is 1.38 bits per heavy atom. The van der Waals surface area contributed by atoms with Gasteiger partial charge in [-0.05, 0) is 42.3 Å². The van der Waals surface area contributed by atoms with Crippen molar-refractivity contribution in [2.24, 2.45) is 0 Å². The molecule has 0 fully saturated rings. The number of thioether (sulfide) groups is 1. The van der Waals surface area contributed by atoms with E-state index in [0.29, 0.717) is 0 Å². The van der Waals surface area contributed by atoms with Crippen molar-refractivity contribution in [3.05, 3.63) is 58.6 Å². The molecular formula is C15H12ClFN2OS. The molecule has 6 heteroatoms. The summed E-state index contributed by atoms with van der Waals surface area (Å²) in [5.74, 6) is 0.285. The van der Waals surface area contributed by atoms with Crippen molar-refractivity contribution in [1.29, 1.82) is 0 Å². The minimum Gasteiger partial charge on any atom is -0.344 e. The smallest absolute Gasteiger partial charge is 0.270 e. The number of rotatable bonds is 2. The van der Waals surface area contributed by atoms with Gasteiger partial charge in [0.05, 0.1) is 6.04 Å². The van der Waals surface area contributed by atoms with Gasteiger partial charge in [-0.3, -0.25) is 4.79 Å². The van der Waals surface area contributed by atoms with Crippen LogP contribution in [0.5, 0.6) is 0 Å². The average molecular weight is 323 g/mol. The quantitative estimate of drug-likeness (QED) is 0.854. The largest absolute Gasteiger partial charge is 0.344 e. The Morgan fingerprint density at radius 2 is 2.24 bits per heavy atom. The van der Waals surface area contributed by atoms with Crippen LogP contribution in [-0.2, 0) is 0 Å². The number of hydrogen-bond donors (Lipinski definition) is 1. The molecule has 3 rings (SSSR count). The summed E-state index contributed by atoms with van der Waals surface area (Å²) in [5.41, 5.74) is 1.08. The summed E-state index contributed by atoms with van der Waals surface area (Å²) >= 11 is 7.46. The van der Waals surface area contributed by atoms with Crippen LogP contribution in [0.4, 0.5) is 4.39 Å². The second-order valence-electron chi connectivity index (χ2n) is 4.69. The van der Waals surface area contributed by atoms with Crippen LogP contribution in [0.3, 0.4) is 0 Å².